The van der Waals surface area contributed by atoms with Crippen LogP contribution in [-0.4, -0.2) is 20.7 Å². The SMILES string of the molecule is Cn1c(COc2ccc(C(N)=O)cc2F)nnc1-c1ccccc1C(F)(F)F. The Kier molecular flexibility index (Phi) is 5.04. The molecule has 28 heavy (non-hydrogen) atoms. The normalized spacial score (nSPS) is 11.5. The van der Waals surface area contributed by atoms with Gasteiger partial charge in [-0.1, -0.05) is 18.2 Å². The van der Waals surface area contributed by atoms with Gasteiger partial charge >= 0.3 is 6.18 Å². The van der Waals surface area contributed by atoms with Crippen LogP contribution in [0.3, 0.4) is 0 Å². The van der Waals surface area contributed by atoms with Gasteiger partial charge in [0.2, 0.25) is 5.91 Å². The molecule has 0 aliphatic rings. The molecule has 0 aliphatic heterocycles. The number of primary amides is 1. The number of halogens is 4. The van der Waals surface area contributed by atoms with Crippen molar-refractivity contribution in [3.63, 3.8) is 0 Å². The van der Waals surface area contributed by atoms with Crippen LogP contribution in [0, 0.1) is 5.82 Å². The van der Waals surface area contributed by atoms with Gasteiger partial charge in [0, 0.05) is 18.2 Å². The van der Waals surface area contributed by atoms with Crippen LogP contribution in [0.25, 0.3) is 11.4 Å². The van der Waals surface area contributed by atoms with Crippen molar-refractivity contribution < 1.29 is 27.1 Å². The number of hydrogen-bond donors (Lipinski definition) is 1. The molecule has 0 radical (unpaired) electrons. The van der Waals surface area contributed by atoms with Crippen LogP contribution in [0.5, 0.6) is 5.75 Å². The van der Waals surface area contributed by atoms with Crippen molar-refractivity contribution in [2.75, 3.05) is 0 Å². The largest absolute Gasteiger partial charge is 0.483 e. The maximum Gasteiger partial charge on any atom is 0.417 e. The van der Waals surface area contributed by atoms with E-state index in [1.54, 1.807) is 0 Å². The average molecular weight is 394 g/mol. The fourth-order valence-corrected chi connectivity index (χ4v) is 2.56. The topological polar surface area (TPSA) is 83.0 Å². The lowest BCUT2D eigenvalue weighted by molar-refractivity contribution is -0.137. The molecular weight excluding hydrogens is 380 g/mol. The molecule has 2 N–H and O–H groups in total. The number of hydrogen-bond acceptors (Lipinski definition) is 4. The molecule has 0 fully saturated rings. The molecule has 146 valence electrons. The summed E-state index contributed by atoms with van der Waals surface area (Å²) in [5, 5.41) is 7.64. The third kappa shape index (κ3) is 3.80. The zero-order valence-electron chi connectivity index (χ0n) is 14.5. The molecule has 0 unspecified atom stereocenters. The van der Waals surface area contributed by atoms with Crippen LogP contribution >= 0.6 is 0 Å². The van der Waals surface area contributed by atoms with Crippen molar-refractivity contribution in [2.45, 2.75) is 12.8 Å². The van der Waals surface area contributed by atoms with Gasteiger partial charge in [-0.05, 0) is 24.3 Å². The Labute approximate surface area is 156 Å². The van der Waals surface area contributed by atoms with E-state index in [9.17, 15) is 22.4 Å². The van der Waals surface area contributed by atoms with E-state index in [0.29, 0.717) is 0 Å². The van der Waals surface area contributed by atoms with Crippen molar-refractivity contribution in [3.05, 3.63) is 65.2 Å². The number of nitrogens with two attached hydrogens (primary N) is 1. The first-order chi connectivity index (χ1) is 13.2. The number of carbonyl (C=O) groups excluding carboxylic acids is 1. The van der Waals surface area contributed by atoms with Crippen molar-refractivity contribution in [2.24, 2.45) is 12.8 Å². The minimum absolute atomic E-state index is 0.00364. The molecule has 1 amide bonds. The predicted octanol–water partition coefficient (Wildman–Crippen LogP) is 3.32. The maximum atomic E-state index is 14.0. The molecule has 1 heterocycles. The van der Waals surface area contributed by atoms with Gasteiger partial charge < -0.3 is 15.0 Å². The standard InChI is InChI=1S/C18H14F4N4O2/c1-26-15(9-28-14-7-6-10(16(23)27)8-13(14)19)24-25-17(26)11-4-2-3-5-12(11)18(20,21)22/h2-8H,9H2,1H3,(H2,23,27). The van der Waals surface area contributed by atoms with Crippen molar-refractivity contribution in [3.8, 4) is 17.1 Å². The summed E-state index contributed by atoms with van der Waals surface area (Å²) in [6, 6.07) is 8.44. The predicted molar refractivity (Wildman–Crippen MR) is 90.7 cm³/mol. The van der Waals surface area contributed by atoms with Gasteiger partial charge in [-0.25, -0.2) is 4.39 Å². The molecule has 0 atom stereocenters. The molecular formula is C18H14F4N4O2. The summed E-state index contributed by atoms with van der Waals surface area (Å²) in [6.07, 6.45) is -4.55. The highest BCUT2D eigenvalue weighted by molar-refractivity contribution is 5.92. The Morgan fingerprint density at radius 2 is 1.89 bits per heavy atom. The minimum atomic E-state index is -4.55. The zero-order valence-corrected chi connectivity index (χ0v) is 14.5. The van der Waals surface area contributed by atoms with Crippen LogP contribution in [0.4, 0.5) is 17.6 Å². The lowest BCUT2D eigenvalue weighted by atomic mass is 10.1. The van der Waals surface area contributed by atoms with E-state index in [2.05, 4.69) is 10.2 Å². The van der Waals surface area contributed by atoms with Gasteiger partial charge in [0.1, 0.15) is 6.61 Å². The monoisotopic (exact) mass is 394 g/mol. The zero-order chi connectivity index (χ0) is 20.5. The molecule has 0 saturated heterocycles. The Morgan fingerprint density at radius 1 is 1.18 bits per heavy atom. The number of amides is 1. The second kappa shape index (κ2) is 7.29. The molecule has 2 aromatic carbocycles. The molecule has 3 rings (SSSR count). The quantitative estimate of drug-likeness (QED) is 0.673. The number of carbonyl (C=O) groups is 1. The summed E-state index contributed by atoms with van der Waals surface area (Å²) in [6.45, 7) is -0.246. The first kappa shape index (κ1) is 19.3. The second-order valence-electron chi connectivity index (χ2n) is 5.84. The van der Waals surface area contributed by atoms with Crippen molar-refractivity contribution >= 4 is 5.91 Å². The minimum Gasteiger partial charge on any atom is -0.483 e. The lowest BCUT2D eigenvalue weighted by Crippen LogP contribution is -2.11. The fraction of sp³-hybridized carbons (Fsp3) is 0.167. The average Bonchev–Trinajstić information content (AvgIpc) is 3.00. The third-order valence-corrected chi connectivity index (χ3v) is 4.01. The molecule has 3 aromatic rings. The highest BCUT2D eigenvalue weighted by Crippen LogP contribution is 2.36. The van der Waals surface area contributed by atoms with Crippen LogP contribution in [0.2, 0.25) is 0 Å². The Hall–Kier alpha value is -3.43. The molecule has 0 aliphatic carbocycles. The van der Waals surface area contributed by atoms with Crippen LogP contribution in [0.1, 0.15) is 21.7 Å². The van der Waals surface area contributed by atoms with Gasteiger partial charge in [0.05, 0.1) is 5.56 Å². The molecule has 10 heteroatoms. The van der Waals surface area contributed by atoms with E-state index in [-0.39, 0.29) is 35.1 Å². The van der Waals surface area contributed by atoms with E-state index in [0.717, 1.165) is 12.1 Å². The molecule has 0 bridgehead atoms. The lowest BCUT2D eigenvalue weighted by Gasteiger charge is -2.12. The maximum absolute atomic E-state index is 14.0. The molecule has 6 nitrogen and oxygen atoms in total. The van der Waals surface area contributed by atoms with Gasteiger partial charge in [0.15, 0.2) is 23.2 Å². The van der Waals surface area contributed by atoms with Crippen molar-refractivity contribution in [1.82, 2.24) is 14.8 Å². The highest BCUT2D eigenvalue weighted by Gasteiger charge is 2.34. The summed E-state index contributed by atoms with van der Waals surface area (Å²) < 4.78 is 60.3. The smallest absolute Gasteiger partial charge is 0.417 e. The molecule has 1 aromatic heterocycles. The van der Waals surface area contributed by atoms with E-state index in [1.165, 1.54) is 41.9 Å². The summed E-state index contributed by atoms with van der Waals surface area (Å²) >= 11 is 0. The molecule has 0 saturated carbocycles. The van der Waals surface area contributed by atoms with Gasteiger partial charge in [0.25, 0.3) is 0 Å². The third-order valence-electron chi connectivity index (χ3n) is 4.01. The molecule has 0 spiro atoms. The summed E-state index contributed by atoms with van der Waals surface area (Å²) in [7, 11) is 1.48. The summed E-state index contributed by atoms with van der Waals surface area (Å²) in [5.74, 6) is -1.57. The first-order valence-electron chi connectivity index (χ1n) is 7.95. The fourth-order valence-electron chi connectivity index (χ4n) is 2.56. The Morgan fingerprint density at radius 3 is 2.54 bits per heavy atom. The van der Waals surface area contributed by atoms with Crippen LogP contribution < -0.4 is 10.5 Å². The van der Waals surface area contributed by atoms with Gasteiger partial charge in [-0.3, -0.25) is 4.79 Å². The van der Waals surface area contributed by atoms with E-state index in [1.807, 2.05) is 0 Å². The van der Waals surface area contributed by atoms with E-state index < -0.39 is 23.5 Å². The number of rotatable bonds is 5. The summed E-state index contributed by atoms with van der Waals surface area (Å²) in [5.41, 5.74) is 4.08. The number of nitrogens with zero attached hydrogens (tertiary/aromatic N) is 3. The Bertz CT molecular complexity index is 1030. The van der Waals surface area contributed by atoms with Crippen molar-refractivity contribution in [1.29, 1.82) is 0 Å². The van der Waals surface area contributed by atoms with Gasteiger partial charge in [-0.15, -0.1) is 10.2 Å². The number of ether oxygens (including phenoxy) is 1. The van der Waals surface area contributed by atoms with E-state index >= 15 is 0 Å². The van der Waals surface area contributed by atoms with Crippen LogP contribution in [-0.2, 0) is 19.8 Å². The number of alkyl halides is 3. The second-order valence-corrected chi connectivity index (χ2v) is 5.84. The number of aromatic nitrogens is 3. The van der Waals surface area contributed by atoms with Crippen LogP contribution in [0.15, 0.2) is 42.5 Å². The highest BCUT2D eigenvalue weighted by atomic mass is 19.4. The van der Waals surface area contributed by atoms with E-state index in [4.69, 9.17) is 10.5 Å². The Balaban J connectivity index is 1.85. The summed E-state index contributed by atoms with van der Waals surface area (Å²) in [4.78, 5) is 11.0. The first-order valence-corrected chi connectivity index (χ1v) is 7.95. The number of benzene rings is 2. The van der Waals surface area contributed by atoms with Gasteiger partial charge in [-0.2, -0.15) is 13.2 Å².